The van der Waals surface area contributed by atoms with Gasteiger partial charge >= 0.3 is 5.97 Å². The van der Waals surface area contributed by atoms with E-state index in [-0.39, 0.29) is 12.5 Å². The predicted octanol–water partition coefficient (Wildman–Crippen LogP) is 4.05. The van der Waals surface area contributed by atoms with Crippen molar-refractivity contribution in [1.29, 1.82) is 0 Å². The van der Waals surface area contributed by atoms with Gasteiger partial charge in [0.1, 0.15) is 11.7 Å². The summed E-state index contributed by atoms with van der Waals surface area (Å²) in [6.07, 6.45) is 3.94. The number of rotatable bonds is 7. The Hall–Kier alpha value is -2.62. The van der Waals surface area contributed by atoms with Gasteiger partial charge in [0.2, 0.25) is 10.0 Å². The summed E-state index contributed by atoms with van der Waals surface area (Å²) < 4.78 is 38.4. The molecule has 1 aliphatic heterocycles. The normalized spacial score (nSPS) is 24.2. The lowest BCUT2D eigenvalue weighted by Gasteiger charge is -2.49. The molecule has 2 aliphatic rings. The second kappa shape index (κ2) is 10.8. The average Bonchev–Trinajstić information content (AvgIpc) is 2.83. The summed E-state index contributed by atoms with van der Waals surface area (Å²) in [5.74, 6) is -1.13. The van der Waals surface area contributed by atoms with E-state index in [0.717, 1.165) is 19.1 Å². The zero-order valence-corrected chi connectivity index (χ0v) is 22.1. The molecule has 0 radical (unpaired) electrons. The molecule has 194 valence electrons. The van der Waals surface area contributed by atoms with E-state index in [4.69, 9.17) is 21.1 Å². The molecule has 1 N–H and O–H groups in total. The van der Waals surface area contributed by atoms with Crippen molar-refractivity contribution in [1.82, 2.24) is 9.62 Å². The van der Waals surface area contributed by atoms with E-state index in [1.54, 1.807) is 54.3 Å². The van der Waals surface area contributed by atoms with Gasteiger partial charge in [0.25, 0.3) is 5.91 Å². The van der Waals surface area contributed by atoms with Gasteiger partial charge in [0, 0.05) is 28.2 Å². The summed E-state index contributed by atoms with van der Waals surface area (Å²) in [6, 6.07) is 10.4. The Balaban J connectivity index is 1.96. The van der Waals surface area contributed by atoms with Gasteiger partial charge in [0.15, 0.2) is 0 Å². The lowest BCUT2D eigenvalue weighted by atomic mass is 9.76. The highest BCUT2D eigenvalue weighted by molar-refractivity contribution is 7.88. The van der Waals surface area contributed by atoms with Gasteiger partial charge in [-0.3, -0.25) is 9.59 Å². The highest BCUT2D eigenvalue weighted by Gasteiger charge is 2.50. The van der Waals surface area contributed by atoms with Crippen molar-refractivity contribution < 1.29 is 27.5 Å². The fourth-order valence-corrected chi connectivity index (χ4v) is 6.51. The zero-order valence-electron chi connectivity index (χ0n) is 20.6. The quantitative estimate of drug-likeness (QED) is 0.538. The number of nitrogens with zero attached hydrogens (tertiary/aromatic N) is 1. The zero-order chi connectivity index (χ0) is 26.0. The van der Waals surface area contributed by atoms with E-state index in [0.29, 0.717) is 40.3 Å². The standard InChI is InChI=1S/C26H31ClN2O6S/c1-4-35-26(31)23-17-9-5-6-10-18(17)25(30)29(21-12-8-7-11-20(21)28-36(3,32)33)24(23)19-14-13-16(27)15-22(19)34-2/h5-6,9-10,13-15,20-21,23-24,28H,4,7-8,11-12H2,1-3H3/t20-,21-,23+,24-/m0/s1. The minimum Gasteiger partial charge on any atom is -0.496 e. The molecule has 10 heteroatoms. The first-order valence-electron chi connectivity index (χ1n) is 12.0. The van der Waals surface area contributed by atoms with Crippen molar-refractivity contribution in [3.05, 3.63) is 64.2 Å². The predicted molar refractivity (Wildman–Crippen MR) is 137 cm³/mol. The maximum absolute atomic E-state index is 14.1. The van der Waals surface area contributed by atoms with Gasteiger partial charge < -0.3 is 14.4 Å². The van der Waals surface area contributed by atoms with E-state index >= 15 is 0 Å². The molecular formula is C26H31ClN2O6S. The van der Waals surface area contributed by atoms with Crippen LogP contribution in [-0.2, 0) is 19.6 Å². The highest BCUT2D eigenvalue weighted by atomic mass is 35.5. The van der Waals surface area contributed by atoms with Crippen LogP contribution in [0.15, 0.2) is 42.5 Å². The van der Waals surface area contributed by atoms with Crippen LogP contribution in [0.25, 0.3) is 0 Å². The summed E-state index contributed by atoms with van der Waals surface area (Å²) in [4.78, 5) is 29.3. The number of halogens is 1. The number of hydrogen-bond donors (Lipinski definition) is 1. The van der Waals surface area contributed by atoms with Crippen LogP contribution in [0.5, 0.6) is 5.75 Å². The Morgan fingerprint density at radius 3 is 2.56 bits per heavy atom. The molecule has 2 aromatic carbocycles. The van der Waals surface area contributed by atoms with Crippen molar-refractivity contribution in [2.45, 2.75) is 56.7 Å². The molecule has 0 saturated heterocycles. The van der Waals surface area contributed by atoms with E-state index in [1.165, 1.54) is 7.11 Å². The molecule has 1 amide bonds. The molecule has 4 atom stereocenters. The van der Waals surface area contributed by atoms with Crippen LogP contribution in [-0.4, -0.2) is 57.3 Å². The number of carbonyl (C=O) groups excluding carboxylic acids is 2. The van der Waals surface area contributed by atoms with Crippen molar-refractivity contribution in [2.24, 2.45) is 0 Å². The topological polar surface area (TPSA) is 102 Å². The maximum Gasteiger partial charge on any atom is 0.315 e. The summed E-state index contributed by atoms with van der Waals surface area (Å²) in [6.45, 7) is 1.91. The lowest BCUT2D eigenvalue weighted by molar-refractivity contribution is -0.147. The average molecular weight is 535 g/mol. The van der Waals surface area contributed by atoms with Crippen molar-refractivity contribution in [3.63, 3.8) is 0 Å². The molecule has 4 rings (SSSR count). The molecule has 0 bridgehead atoms. The molecule has 1 heterocycles. The monoisotopic (exact) mass is 534 g/mol. The molecule has 1 aliphatic carbocycles. The third kappa shape index (κ3) is 5.23. The van der Waals surface area contributed by atoms with Crippen LogP contribution in [0, 0.1) is 0 Å². The van der Waals surface area contributed by atoms with Crippen molar-refractivity contribution in [2.75, 3.05) is 20.0 Å². The number of nitrogens with one attached hydrogen (secondary N) is 1. The molecule has 36 heavy (non-hydrogen) atoms. The molecular weight excluding hydrogens is 504 g/mol. The number of fused-ring (bicyclic) bond motifs is 1. The molecule has 0 aromatic heterocycles. The summed E-state index contributed by atoms with van der Waals surface area (Å²) in [5, 5.41) is 0.451. The molecule has 1 saturated carbocycles. The second-order valence-corrected chi connectivity index (χ2v) is 11.4. The first-order chi connectivity index (χ1) is 17.2. The van der Waals surface area contributed by atoms with Crippen LogP contribution in [0.2, 0.25) is 5.02 Å². The van der Waals surface area contributed by atoms with E-state index in [9.17, 15) is 18.0 Å². The first kappa shape index (κ1) is 26.4. The Morgan fingerprint density at radius 2 is 1.86 bits per heavy atom. The summed E-state index contributed by atoms with van der Waals surface area (Å²) in [7, 11) is -2.03. The van der Waals surface area contributed by atoms with Crippen LogP contribution in [0.4, 0.5) is 0 Å². The van der Waals surface area contributed by atoms with Gasteiger partial charge in [0.05, 0.1) is 26.0 Å². The van der Waals surface area contributed by atoms with Crippen LogP contribution in [0.3, 0.4) is 0 Å². The number of esters is 1. The third-order valence-electron chi connectivity index (χ3n) is 6.88. The van der Waals surface area contributed by atoms with E-state index in [1.807, 2.05) is 0 Å². The molecule has 2 aromatic rings. The van der Waals surface area contributed by atoms with Crippen LogP contribution < -0.4 is 9.46 Å². The third-order valence-corrected chi connectivity index (χ3v) is 7.85. The molecule has 0 unspecified atom stereocenters. The number of ether oxygens (including phenoxy) is 2. The minimum atomic E-state index is -3.53. The molecule has 8 nitrogen and oxygen atoms in total. The van der Waals surface area contributed by atoms with Gasteiger partial charge in [-0.05, 0) is 43.5 Å². The lowest BCUT2D eigenvalue weighted by Crippen LogP contribution is -2.58. The van der Waals surface area contributed by atoms with Gasteiger partial charge in [-0.25, -0.2) is 13.1 Å². The molecule has 1 fully saturated rings. The van der Waals surface area contributed by atoms with Crippen molar-refractivity contribution >= 4 is 33.5 Å². The first-order valence-corrected chi connectivity index (χ1v) is 14.3. The number of methoxy groups -OCH3 is 1. The Labute approximate surface area is 217 Å². The fourth-order valence-electron chi connectivity index (χ4n) is 5.52. The number of sulfonamides is 1. The summed E-state index contributed by atoms with van der Waals surface area (Å²) in [5.41, 5.74) is 1.58. The van der Waals surface area contributed by atoms with E-state index in [2.05, 4.69) is 4.72 Å². The number of carbonyl (C=O) groups is 2. The van der Waals surface area contributed by atoms with Crippen molar-refractivity contribution in [3.8, 4) is 5.75 Å². The van der Waals surface area contributed by atoms with Gasteiger partial charge in [-0.15, -0.1) is 0 Å². The Bertz CT molecular complexity index is 1250. The van der Waals surface area contributed by atoms with Gasteiger partial charge in [-0.1, -0.05) is 48.7 Å². The van der Waals surface area contributed by atoms with Crippen LogP contribution >= 0.6 is 11.6 Å². The molecule has 0 spiro atoms. The number of benzene rings is 2. The van der Waals surface area contributed by atoms with E-state index < -0.39 is 40.0 Å². The Kier molecular flexibility index (Phi) is 7.92. The number of hydrogen-bond acceptors (Lipinski definition) is 6. The largest absolute Gasteiger partial charge is 0.496 e. The van der Waals surface area contributed by atoms with Gasteiger partial charge in [-0.2, -0.15) is 0 Å². The number of amides is 1. The summed E-state index contributed by atoms with van der Waals surface area (Å²) >= 11 is 6.24. The maximum atomic E-state index is 14.1. The van der Waals surface area contributed by atoms with Crippen LogP contribution in [0.1, 0.15) is 66.1 Å². The second-order valence-electron chi connectivity index (χ2n) is 9.21. The SMILES string of the molecule is CCOC(=O)[C@@H]1c2ccccc2C(=O)N([C@H]2CCCC[C@@H]2NS(C)(=O)=O)[C@H]1c1ccc(Cl)cc1OC. The Morgan fingerprint density at radius 1 is 1.14 bits per heavy atom. The fraction of sp³-hybridized carbons (Fsp3) is 0.462. The minimum absolute atomic E-state index is 0.178. The smallest absolute Gasteiger partial charge is 0.315 e. The highest BCUT2D eigenvalue weighted by Crippen LogP contribution is 2.48.